The van der Waals surface area contributed by atoms with Gasteiger partial charge in [-0.15, -0.1) is 10.2 Å². The van der Waals surface area contributed by atoms with Gasteiger partial charge in [-0.2, -0.15) is 0 Å². The first-order valence-electron chi connectivity index (χ1n) is 8.33. The number of amides is 1. The number of anilines is 1. The average Bonchev–Trinajstić information content (AvgIpc) is 2.59. The third-order valence-electron chi connectivity index (χ3n) is 4.17. The molecule has 6 heteroatoms. The van der Waals surface area contributed by atoms with Crippen LogP contribution in [-0.4, -0.2) is 60.3 Å². The van der Waals surface area contributed by atoms with Gasteiger partial charge in [0.15, 0.2) is 11.5 Å². The largest absolute Gasteiger partial charge is 0.355 e. The van der Waals surface area contributed by atoms with Crippen LogP contribution >= 0.6 is 0 Å². The molecule has 1 aromatic heterocycles. The predicted octanol–water partition coefficient (Wildman–Crippen LogP) is 1.54. The van der Waals surface area contributed by atoms with Crippen molar-refractivity contribution in [3.63, 3.8) is 0 Å². The van der Waals surface area contributed by atoms with Gasteiger partial charge < -0.3 is 15.1 Å². The molecular formula is C16H27N5O. The minimum Gasteiger partial charge on any atom is -0.355 e. The van der Waals surface area contributed by atoms with Crippen LogP contribution < -0.4 is 10.2 Å². The zero-order valence-corrected chi connectivity index (χ0v) is 13.7. The summed E-state index contributed by atoms with van der Waals surface area (Å²) in [6, 6.07) is 3.67. The second-order valence-corrected chi connectivity index (χ2v) is 5.61. The molecule has 0 radical (unpaired) electrons. The zero-order valence-electron chi connectivity index (χ0n) is 13.7. The van der Waals surface area contributed by atoms with Gasteiger partial charge in [0.05, 0.1) is 0 Å². The quantitative estimate of drug-likeness (QED) is 0.828. The summed E-state index contributed by atoms with van der Waals surface area (Å²) in [4.78, 5) is 16.5. The average molecular weight is 305 g/mol. The van der Waals surface area contributed by atoms with Gasteiger partial charge in [-0.1, -0.05) is 13.8 Å². The molecule has 0 saturated carbocycles. The lowest BCUT2D eigenvalue weighted by molar-refractivity contribution is 0.0943. The van der Waals surface area contributed by atoms with Crippen molar-refractivity contribution >= 4 is 11.7 Å². The van der Waals surface area contributed by atoms with E-state index in [0.29, 0.717) is 12.2 Å². The maximum absolute atomic E-state index is 12.0. The van der Waals surface area contributed by atoms with E-state index >= 15 is 0 Å². The minimum absolute atomic E-state index is 0.148. The lowest BCUT2D eigenvalue weighted by Gasteiger charge is -2.27. The third-order valence-corrected chi connectivity index (χ3v) is 4.17. The summed E-state index contributed by atoms with van der Waals surface area (Å²) >= 11 is 0. The third kappa shape index (κ3) is 4.66. The molecule has 2 rings (SSSR count). The number of carbonyl (C=O) groups excluding carboxylic acids is 1. The Balaban J connectivity index is 1.82. The van der Waals surface area contributed by atoms with Crippen LogP contribution in [0.1, 0.15) is 43.6 Å². The Hall–Kier alpha value is -1.69. The Morgan fingerprint density at radius 3 is 2.50 bits per heavy atom. The van der Waals surface area contributed by atoms with Crippen molar-refractivity contribution in [1.29, 1.82) is 0 Å². The molecule has 1 aromatic rings. The molecular weight excluding hydrogens is 278 g/mol. The highest BCUT2D eigenvalue weighted by molar-refractivity contribution is 5.92. The minimum atomic E-state index is -0.148. The monoisotopic (exact) mass is 305 g/mol. The molecule has 1 saturated heterocycles. The van der Waals surface area contributed by atoms with Crippen LogP contribution in [0.3, 0.4) is 0 Å². The number of likely N-dealkylation sites (N-methyl/N-ethyl adjacent to an activating group) is 1. The molecule has 1 N–H and O–H groups in total. The van der Waals surface area contributed by atoms with E-state index in [4.69, 9.17) is 0 Å². The van der Waals surface area contributed by atoms with Gasteiger partial charge in [-0.05, 0) is 44.5 Å². The van der Waals surface area contributed by atoms with E-state index in [0.717, 1.165) is 38.5 Å². The Bertz CT molecular complexity index is 452. The van der Waals surface area contributed by atoms with Crippen molar-refractivity contribution in [2.24, 2.45) is 0 Å². The molecule has 1 amide bonds. The van der Waals surface area contributed by atoms with E-state index in [1.54, 1.807) is 6.07 Å². The van der Waals surface area contributed by atoms with E-state index in [-0.39, 0.29) is 5.91 Å². The number of nitrogens with one attached hydrogen (secondary N) is 1. The van der Waals surface area contributed by atoms with Crippen molar-refractivity contribution in [2.45, 2.75) is 33.1 Å². The number of hydrogen-bond donors (Lipinski definition) is 1. The number of aromatic nitrogens is 2. The number of rotatable bonds is 7. The molecule has 1 aliphatic heterocycles. The van der Waals surface area contributed by atoms with Gasteiger partial charge in [0.25, 0.3) is 5.91 Å². The van der Waals surface area contributed by atoms with Crippen LogP contribution in [0.2, 0.25) is 0 Å². The maximum Gasteiger partial charge on any atom is 0.271 e. The number of hydrogen-bond acceptors (Lipinski definition) is 5. The highest BCUT2D eigenvalue weighted by Gasteiger charge is 2.14. The van der Waals surface area contributed by atoms with Gasteiger partial charge >= 0.3 is 0 Å². The summed E-state index contributed by atoms with van der Waals surface area (Å²) in [5.41, 5.74) is 0.389. The Morgan fingerprint density at radius 2 is 1.91 bits per heavy atom. The Labute approximate surface area is 132 Å². The number of piperidine rings is 1. The van der Waals surface area contributed by atoms with Crippen molar-refractivity contribution in [3.05, 3.63) is 17.8 Å². The lowest BCUT2D eigenvalue weighted by atomic mass is 10.1. The fourth-order valence-electron chi connectivity index (χ4n) is 2.70. The van der Waals surface area contributed by atoms with Crippen LogP contribution in [0.5, 0.6) is 0 Å². The highest BCUT2D eigenvalue weighted by atomic mass is 16.1. The van der Waals surface area contributed by atoms with Crippen LogP contribution in [0.25, 0.3) is 0 Å². The highest BCUT2D eigenvalue weighted by Crippen LogP contribution is 2.16. The maximum atomic E-state index is 12.0. The summed E-state index contributed by atoms with van der Waals surface area (Å²) in [5.74, 6) is 0.726. The fourth-order valence-corrected chi connectivity index (χ4v) is 2.70. The zero-order chi connectivity index (χ0) is 15.8. The number of carbonyl (C=O) groups is 1. The Morgan fingerprint density at radius 1 is 1.18 bits per heavy atom. The SMILES string of the molecule is CCN(CC)CCNC(=O)c1ccc(N2CCCCC2)nn1. The van der Waals surface area contributed by atoms with E-state index in [1.165, 1.54) is 19.3 Å². The number of nitrogens with zero attached hydrogens (tertiary/aromatic N) is 4. The predicted molar refractivity (Wildman–Crippen MR) is 88.2 cm³/mol. The first-order chi connectivity index (χ1) is 10.7. The molecule has 2 heterocycles. The molecule has 0 atom stereocenters. The van der Waals surface area contributed by atoms with Crippen LogP contribution in [0.15, 0.2) is 12.1 Å². The van der Waals surface area contributed by atoms with Gasteiger partial charge in [-0.25, -0.2) is 0 Å². The molecule has 1 aliphatic rings. The van der Waals surface area contributed by atoms with E-state index in [1.807, 2.05) is 6.07 Å². The second kappa shape index (κ2) is 8.68. The van der Waals surface area contributed by atoms with E-state index in [2.05, 4.69) is 39.2 Å². The van der Waals surface area contributed by atoms with Gasteiger partial charge in [0.1, 0.15) is 0 Å². The molecule has 0 bridgehead atoms. The second-order valence-electron chi connectivity index (χ2n) is 5.61. The first kappa shape index (κ1) is 16.7. The topological polar surface area (TPSA) is 61.4 Å². The summed E-state index contributed by atoms with van der Waals surface area (Å²) in [7, 11) is 0. The van der Waals surface area contributed by atoms with Crippen molar-refractivity contribution in [2.75, 3.05) is 44.2 Å². The normalized spacial score (nSPS) is 15.1. The Kier molecular flexibility index (Phi) is 6.58. The molecule has 6 nitrogen and oxygen atoms in total. The van der Waals surface area contributed by atoms with Crippen molar-refractivity contribution < 1.29 is 4.79 Å². The smallest absolute Gasteiger partial charge is 0.271 e. The summed E-state index contributed by atoms with van der Waals surface area (Å²) < 4.78 is 0. The van der Waals surface area contributed by atoms with E-state index < -0.39 is 0 Å². The van der Waals surface area contributed by atoms with Crippen molar-refractivity contribution in [3.8, 4) is 0 Å². The van der Waals surface area contributed by atoms with E-state index in [9.17, 15) is 4.79 Å². The summed E-state index contributed by atoms with van der Waals surface area (Å²) in [6.45, 7) is 9.79. The fraction of sp³-hybridized carbons (Fsp3) is 0.688. The van der Waals surface area contributed by atoms with Crippen LogP contribution in [0.4, 0.5) is 5.82 Å². The standard InChI is InChI=1S/C16H27N5O/c1-3-20(4-2)13-10-17-16(22)14-8-9-15(19-18-14)21-11-6-5-7-12-21/h8-9H,3-7,10-13H2,1-2H3,(H,17,22). The molecule has 22 heavy (non-hydrogen) atoms. The molecule has 0 aromatic carbocycles. The molecule has 0 aliphatic carbocycles. The van der Waals surface area contributed by atoms with Crippen molar-refractivity contribution in [1.82, 2.24) is 20.4 Å². The molecule has 1 fully saturated rings. The van der Waals surface area contributed by atoms with Crippen LogP contribution in [-0.2, 0) is 0 Å². The first-order valence-corrected chi connectivity index (χ1v) is 8.33. The van der Waals surface area contributed by atoms with Gasteiger partial charge in [0.2, 0.25) is 0 Å². The summed E-state index contributed by atoms with van der Waals surface area (Å²) in [5, 5.41) is 11.2. The molecule has 0 unspecified atom stereocenters. The van der Waals surface area contributed by atoms with Crippen LogP contribution in [0, 0.1) is 0 Å². The van der Waals surface area contributed by atoms with Gasteiger partial charge in [-0.3, -0.25) is 4.79 Å². The summed E-state index contributed by atoms with van der Waals surface area (Å²) in [6.07, 6.45) is 3.70. The van der Waals surface area contributed by atoms with Gasteiger partial charge in [0, 0.05) is 26.2 Å². The lowest BCUT2D eigenvalue weighted by Crippen LogP contribution is -2.35. The molecule has 122 valence electrons. The molecule has 0 spiro atoms.